The number of halogens is 3. The molecule has 1 aromatic carbocycles. The van der Waals surface area contributed by atoms with Crippen molar-refractivity contribution in [2.24, 2.45) is 5.92 Å². The Bertz CT molecular complexity index is 804. The van der Waals surface area contributed by atoms with Crippen molar-refractivity contribution in [3.8, 4) is 5.69 Å². The van der Waals surface area contributed by atoms with E-state index in [1.165, 1.54) is 6.20 Å². The lowest BCUT2D eigenvalue weighted by Crippen LogP contribution is -2.36. The molecule has 2 heterocycles. The summed E-state index contributed by atoms with van der Waals surface area (Å²) in [6, 6.07) is 2.88. The van der Waals surface area contributed by atoms with Crippen molar-refractivity contribution >= 4 is 17.3 Å². The van der Waals surface area contributed by atoms with Gasteiger partial charge in [0.1, 0.15) is 16.5 Å². The number of benzene rings is 1. The van der Waals surface area contributed by atoms with Crippen LogP contribution in [0.15, 0.2) is 29.2 Å². The fourth-order valence-corrected chi connectivity index (χ4v) is 3.07. The number of anilines is 1. The minimum atomic E-state index is -0.892. The third-order valence-electron chi connectivity index (χ3n) is 4.25. The summed E-state index contributed by atoms with van der Waals surface area (Å²) in [6.07, 6.45) is 3.00. The van der Waals surface area contributed by atoms with E-state index in [9.17, 15) is 18.7 Å². The number of aliphatic hydroxyl groups is 1. The molecule has 0 bridgehead atoms. The molecule has 1 aromatic heterocycles. The van der Waals surface area contributed by atoms with E-state index in [-0.39, 0.29) is 23.2 Å². The molecule has 0 atom stereocenters. The van der Waals surface area contributed by atoms with Gasteiger partial charge in [-0.1, -0.05) is 11.6 Å². The zero-order chi connectivity index (χ0) is 17.3. The first-order valence-electron chi connectivity index (χ1n) is 7.60. The van der Waals surface area contributed by atoms with Crippen LogP contribution in [0.4, 0.5) is 14.5 Å². The second-order valence-corrected chi connectivity index (χ2v) is 6.15. The van der Waals surface area contributed by atoms with E-state index in [2.05, 4.69) is 5.10 Å². The molecule has 8 heteroatoms. The third kappa shape index (κ3) is 3.14. The summed E-state index contributed by atoms with van der Waals surface area (Å²) in [4.78, 5) is 14.4. The Morgan fingerprint density at radius 2 is 1.96 bits per heavy atom. The summed E-state index contributed by atoms with van der Waals surface area (Å²) in [7, 11) is 0. The highest BCUT2D eigenvalue weighted by atomic mass is 35.5. The van der Waals surface area contributed by atoms with Crippen molar-refractivity contribution in [3.05, 3.63) is 51.4 Å². The predicted octanol–water partition coefficient (Wildman–Crippen LogP) is 2.37. The van der Waals surface area contributed by atoms with Gasteiger partial charge in [0.15, 0.2) is 5.82 Å². The molecule has 0 spiro atoms. The van der Waals surface area contributed by atoms with Crippen LogP contribution in [0.25, 0.3) is 5.69 Å². The van der Waals surface area contributed by atoms with Gasteiger partial charge in [0.05, 0.1) is 11.9 Å². The molecule has 2 aromatic rings. The Morgan fingerprint density at radius 1 is 1.25 bits per heavy atom. The first kappa shape index (κ1) is 16.9. The Balaban J connectivity index is 1.94. The molecule has 24 heavy (non-hydrogen) atoms. The zero-order valence-electron chi connectivity index (χ0n) is 12.8. The molecule has 0 saturated carbocycles. The van der Waals surface area contributed by atoms with Crippen LogP contribution in [0.1, 0.15) is 12.8 Å². The Morgan fingerprint density at radius 3 is 2.58 bits per heavy atom. The monoisotopic (exact) mass is 355 g/mol. The van der Waals surface area contributed by atoms with Crippen molar-refractivity contribution < 1.29 is 13.9 Å². The standard InChI is InChI=1S/C16H16ClF2N3O2/c17-15-14(21-5-3-10(9-23)4-6-21)8-20-22(16(15)24)13-2-1-11(18)7-12(13)19/h1-2,7-8,10,23H,3-6,9H2. The van der Waals surface area contributed by atoms with Gasteiger partial charge in [-0.15, -0.1) is 0 Å². The van der Waals surface area contributed by atoms with Crippen LogP contribution < -0.4 is 10.5 Å². The maximum atomic E-state index is 13.9. The van der Waals surface area contributed by atoms with Gasteiger partial charge in [-0.05, 0) is 30.9 Å². The molecule has 1 saturated heterocycles. The number of hydrogen-bond donors (Lipinski definition) is 1. The molecule has 1 aliphatic heterocycles. The highest BCUT2D eigenvalue weighted by Crippen LogP contribution is 2.27. The van der Waals surface area contributed by atoms with E-state index >= 15 is 0 Å². The van der Waals surface area contributed by atoms with E-state index < -0.39 is 17.2 Å². The lowest BCUT2D eigenvalue weighted by Gasteiger charge is -2.33. The van der Waals surface area contributed by atoms with Gasteiger partial charge in [0.2, 0.25) is 0 Å². The van der Waals surface area contributed by atoms with Crippen molar-refractivity contribution in [1.29, 1.82) is 0 Å². The van der Waals surface area contributed by atoms with Crippen LogP contribution >= 0.6 is 11.6 Å². The topological polar surface area (TPSA) is 58.4 Å². The van der Waals surface area contributed by atoms with E-state index in [0.29, 0.717) is 24.8 Å². The van der Waals surface area contributed by atoms with Gasteiger partial charge in [0, 0.05) is 25.8 Å². The van der Waals surface area contributed by atoms with Gasteiger partial charge >= 0.3 is 0 Å². The van der Waals surface area contributed by atoms with Crippen molar-refractivity contribution in [1.82, 2.24) is 9.78 Å². The molecule has 1 aliphatic rings. The lowest BCUT2D eigenvalue weighted by molar-refractivity contribution is 0.203. The summed E-state index contributed by atoms with van der Waals surface area (Å²) in [6.45, 7) is 1.45. The molecular formula is C16H16ClF2N3O2. The number of nitrogens with zero attached hydrogens (tertiary/aromatic N) is 3. The molecular weight excluding hydrogens is 340 g/mol. The average molecular weight is 356 g/mol. The summed E-state index contributed by atoms with van der Waals surface area (Å²) >= 11 is 6.17. The van der Waals surface area contributed by atoms with E-state index in [4.69, 9.17) is 11.6 Å². The van der Waals surface area contributed by atoms with Gasteiger partial charge < -0.3 is 10.0 Å². The zero-order valence-corrected chi connectivity index (χ0v) is 13.5. The van der Waals surface area contributed by atoms with Crippen LogP contribution in [0.3, 0.4) is 0 Å². The van der Waals surface area contributed by atoms with Crippen LogP contribution in [0.2, 0.25) is 5.02 Å². The minimum absolute atomic E-state index is 0.0591. The first-order valence-corrected chi connectivity index (χ1v) is 7.98. The van der Waals surface area contributed by atoms with E-state index in [0.717, 1.165) is 29.7 Å². The number of aromatic nitrogens is 2. The smallest absolute Gasteiger partial charge is 0.292 e. The average Bonchev–Trinajstić information content (AvgIpc) is 2.58. The summed E-state index contributed by atoms with van der Waals surface area (Å²) in [5.41, 5.74) is -0.338. The van der Waals surface area contributed by atoms with Crippen LogP contribution in [0.5, 0.6) is 0 Å². The maximum Gasteiger partial charge on any atom is 0.292 e. The molecule has 1 fully saturated rings. The van der Waals surface area contributed by atoms with Crippen LogP contribution in [0, 0.1) is 17.6 Å². The van der Waals surface area contributed by atoms with Gasteiger partial charge in [-0.2, -0.15) is 9.78 Å². The number of piperidine rings is 1. The van der Waals surface area contributed by atoms with Crippen LogP contribution in [-0.4, -0.2) is 34.6 Å². The molecule has 128 valence electrons. The van der Waals surface area contributed by atoms with Crippen LogP contribution in [-0.2, 0) is 0 Å². The normalized spacial score (nSPS) is 15.8. The Kier molecular flexibility index (Phi) is 4.82. The van der Waals surface area contributed by atoms with Crippen molar-refractivity contribution in [2.75, 3.05) is 24.6 Å². The number of aliphatic hydroxyl groups excluding tert-OH is 1. The highest BCUT2D eigenvalue weighted by molar-refractivity contribution is 6.33. The van der Waals surface area contributed by atoms with Gasteiger partial charge in [-0.25, -0.2) is 8.78 Å². The SMILES string of the molecule is O=c1c(Cl)c(N2CCC(CO)CC2)cnn1-c1ccc(F)cc1F. The third-order valence-corrected chi connectivity index (χ3v) is 4.61. The molecule has 5 nitrogen and oxygen atoms in total. The lowest BCUT2D eigenvalue weighted by atomic mass is 9.98. The van der Waals surface area contributed by atoms with Crippen molar-refractivity contribution in [2.45, 2.75) is 12.8 Å². The fraction of sp³-hybridized carbons (Fsp3) is 0.375. The number of rotatable bonds is 3. The summed E-state index contributed by atoms with van der Waals surface area (Å²) in [5, 5.41) is 13.1. The largest absolute Gasteiger partial charge is 0.396 e. The highest BCUT2D eigenvalue weighted by Gasteiger charge is 2.23. The molecule has 0 radical (unpaired) electrons. The maximum absolute atomic E-state index is 13.9. The number of hydrogen-bond acceptors (Lipinski definition) is 4. The first-order chi connectivity index (χ1) is 11.5. The van der Waals surface area contributed by atoms with Gasteiger partial charge in [0.25, 0.3) is 5.56 Å². The molecule has 1 N–H and O–H groups in total. The van der Waals surface area contributed by atoms with E-state index in [1.807, 2.05) is 4.90 Å². The minimum Gasteiger partial charge on any atom is -0.396 e. The second-order valence-electron chi connectivity index (χ2n) is 5.77. The molecule has 3 rings (SSSR count). The van der Waals surface area contributed by atoms with Gasteiger partial charge in [-0.3, -0.25) is 4.79 Å². The molecule has 0 unspecified atom stereocenters. The van der Waals surface area contributed by atoms with Crippen molar-refractivity contribution in [3.63, 3.8) is 0 Å². The summed E-state index contributed by atoms with van der Waals surface area (Å²) < 4.78 is 27.7. The second kappa shape index (κ2) is 6.86. The predicted molar refractivity (Wildman–Crippen MR) is 86.8 cm³/mol. The quantitative estimate of drug-likeness (QED) is 0.918. The molecule has 0 aliphatic carbocycles. The Hall–Kier alpha value is -1.99. The fourth-order valence-electron chi connectivity index (χ4n) is 2.83. The Labute approximate surface area is 142 Å². The summed E-state index contributed by atoms with van der Waals surface area (Å²) in [5.74, 6) is -1.38. The molecule has 0 amide bonds. The van der Waals surface area contributed by atoms with E-state index in [1.54, 1.807) is 0 Å².